The minimum Gasteiger partial charge on any atom is -0.477 e. The lowest BCUT2D eigenvalue weighted by atomic mass is 10.0. The van der Waals surface area contributed by atoms with Gasteiger partial charge < -0.3 is 15.7 Å². The van der Waals surface area contributed by atoms with Gasteiger partial charge in [-0.15, -0.1) is 16.9 Å². The molecule has 2 aliphatic rings. The third kappa shape index (κ3) is 6.91. The zero-order valence-electron chi connectivity index (χ0n) is 24.1. The molecule has 1 saturated heterocycles. The predicted molar refractivity (Wildman–Crippen MR) is 165 cm³/mol. The molecule has 5 rings (SSSR count). The van der Waals surface area contributed by atoms with Crippen LogP contribution in [0.25, 0.3) is 6.08 Å². The Morgan fingerprint density at radius 1 is 1.13 bits per heavy atom. The van der Waals surface area contributed by atoms with Gasteiger partial charge in [0.2, 0.25) is 11.1 Å². The van der Waals surface area contributed by atoms with Crippen LogP contribution in [-0.2, 0) is 26.2 Å². The minimum absolute atomic E-state index is 0.131. The number of fused-ring (bicyclic) bond motifs is 1. The van der Waals surface area contributed by atoms with Crippen LogP contribution in [0.15, 0.2) is 83.2 Å². The first-order valence-electron chi connectivity index (χ1n) is 13.6. The number of carbonyl (C=O) groups excluding carboxylic acids is 4. The normalized spacial score (nSPS) is 18.2. The van der Waals surface area contributed by atoms with Crippen LogP contribution in [-0.4, -0.2) is 94.8 Å². The van der Waals surface area contributed by atoms with Crippen LogP contribution >= 0.6 is 23.5 Å². The number of carboxylic acid groups (broad SMARTS) is 1. The number of hydrogen-bond acceptors (Lipinski definition) is 10. The average molecular weight is 649 g/mol. The molecule has 3 heterocycles. The Bertz CT molecular complexity index is 1680. The van der Waals surface area contributed by atoms with Gasteiger partial charge in [-0.1, -0.05) is 72.4 Å². The summed E-state index contributed by atoms with van der Waals surface area (Å²) in [6, 6.07) is 14.4. The number of aromatic nitrogens is 4. The first-order valence-corrected chi connectivity index (χ1v) is 15.6. The molecule has 16 heteroatoms. The molecule has 232 valence electrons. The monoisotopic (exact) mass is 648 g/mol. The topological polar surface area (TPSA) is 180 Å². The molecule has 0 saturated carbocycles. The average Bonchev–Trinajstić information content (AvgIpc) is 3.47. The predicted octanol–water partition coefficient (Wildman–Crippen LogP) is 1.66. The van der Waals surface area contributed by atoms with E-state index in [4.69, 9.17) is 0 Å². The number of tetrazole rings is 1. The lowest BCUT2D eigenvalue weighted by Crippen LogP contribution is -2.71. The number of hydrogen-bond donors (Lipinski definition) is 3. The minimum atomic E-state index is -1.26. The number of aryl methyl sites for hydroxylation is 1. The van der Waals surface area contributed by atoms with E-state index in [9.17, 15) is 29.1 Å². The second kappa shape index (κ2) is 13.8. The van der Waals surface area contributed by atoms with Gasteiger partial charge in [-0.25, -0.2) is 14.3 Å². The summed E-state index contributed by atoms with van der Waals surface area (Å²) in [5.74, 6) is -2.57. The maximum absolute atomic E-state index is 13.6. The molecular formula is C29H28N8O6S2. The molecule has 1 fully saturated rings. The van der Waals surface area contributed by atoms with Crippen molar-refractivity contribution < 1.29 is 29.1 Å². The van der Waals surface area contributed by atoms with Crippen LogP contribution in [0.1, 0.15) is 17.2 Å². The summed E-state index contributed by atoms with van der Waals surface area (Å²) >= 11 is 2.57. The molecule has 0 spiro atoms. The number of rotatable bonds is 10. The van der Waals surface area contributed by atoms with Gasteiger partial charge in [0, 0.05) is 31.7 Å². The molecule has 14 nitrogen and oxygen atoms in total. The van der Waals surface area contributed by atoms with Crippen LogP contribution in [0.2, 0.25) is 0 Å². The van der Waals surface area contributed by atoms with E-state index < -0.39 is 47.2 Å². The second-order valence-corrected chi connectivity index (χ2v) is 12.0. The number of likely N-dealkylation sites (N-methyl/N-ethyl adjacent to an activating group) is 1. The number of aliphatic carboxylic acids is 1. The number of carbonyl (C=O) groups is 5. The van der Waals surface area contributed by atoms with Gasteiger partial charge >= 0.3 is 12.0 Å². The fourth-order valence-electron chi connectivity index (χ4n) is 4.64. The fraction of sp³-hybridized carbons (Fsp3) is 0.241. The molecule has 3 N–H and O–H groups in total. The van der Waals surface area contributed by atoms with Crippen molar-refractivity contribution in [3.63, 3.8) is 0 Å². The molecule has 45 heavy (non-hydrogen) atoms. The van der Waals surface area contributed by atoms with Crippen LogP contribution in [0, 0.1) is 0 Å². The molecular weight excluding hydrogens is 621 g/mol. The maximum Gasteiger partial charge on any atom is 0.352 e. The van der Waals surface area contributed by atoms with E-state index in [0.29, 0.717) is 22.0 Å². The zero-order chi connectivity index (χ0) is 32.1. The fourth-order valence-corrected chi connectivity index (χ4v) is 6.97. The van der Waals surface area contributed by atoms with E-state index in [1.165, 1.54) is 46.2 Å². The van der Waals surface area contributed by atoms with E-state index in [0.717, 1.165) is 10.5 Å². The van der Waals surface area contributed by atoms with Crippen molar-refractivity contribution in [1.29, 1.82) is 0 Å². The molecule has 3 aromatic rings. The van der Waals surface area contributed by atoms with Crippen molar-refractivity contribution in [2.45, 2.75) is 22.6 Å². The molecule has 2 aliphatic heterocycles. The summed E-state index contributed by atoms with van der Waals surface area (Å²) in [4.78, 5) is 66.8. The van der Waals surface area contributed by atoms with Crippen LogP contribution in [0.3, 0.4) is 0 Å². The highest BCUT2D eigenvalue weighted by molar-refractivity contribution is 8.01. The van der Waals surface area contributed by atoms with Crippen molar-refractivity contribution in [2.24, 2.45) is 7.05 Å². The molecule has 1 aromatic heterocycles. The Morgan fingerprint density at radius 3 is 2.47 bits per heavy atom. The van der Waals surface area contributed by atoms with Crippen molar-refractivity contribution in [1.82, 2.24) is 40.6 Å². The zero-order valence-corrected chi connectivity index (χ0v) is 25.7. The Labute approximate surface area is 265 Å². The Morgan fingerprint density at radius 2 is 1.82 bits per heavy atom. The first kappa shape index (κ1) is 31.5. The van der Waals surface area contributed by atoms with Gasteiger partial charge in [-0.2, -0.15) is 0 Å². The number of nitrogens with zero attached hydrogens (tertiary/aromatic N) is 6. The summed E-state index contributed by atoms with van der Waals surface area (Å²) in [7, 11) is 2.95. The van der Waals surface area contributed by atoms with Gasteiger partial charge in [-0.05, 0) is 33.2 Å². The van der Waals surface area contributed by atoms with Gasteiger partial charge in [0.05, 0.1) is 0 Å². The molecule has 3 unspecified atom stereocenters. The molecule has 0 radical (unpaired) electrons. The van der Waals surface area contributed by atoms with E-state index in [-0.39, 0.29) is 11.4 Å². The highest BCUT2D eigenvalue weighted by Crippen LogP contribution is 2.41. The number of amides is 5. The first-order chi connectivity index (χ1) is 21.7. The largest absolute Gasteiger partial charge is 0.477 e. The Hall–Kier alpha value is -4.96. The third-order valence-corrected chi connectivity index (χ3v) is 9.46. The van der Waals surface area contributed by atoms with Crippen molar-refractivity contribution in [3.8, 4) is 0 Å². The number of β-lactam (4-membered cyclic amide) rings is 1. The standard InChI is InChI=1S/C29H28N8O6S2/c1-35(20(38)14-13-17-9-5-3-6-10-17)28(43)31-21(18-11-7-4-8-12-18)24(39)30-22-25(40)37-23(27(41)42)19(15-44-26(22)37)16-45-29-32-33-34-36(29)2/h3-14,21-22,26H,15-16H2,1-2H3,(H,30,39)(H,31,43)(H,41,42)/b14-13+. The molecule has 3 atom stereocenters. The van der Waals surface area contributed by atoms with Crippen molar-refractivity contribution >= 4 is 59.3 Å². The molecule has 0 bridgehead atoms. The van der Waals surface area contributed by atoms with Crippen molar-refractivity contribution in [3.05, 3.63) is 89.1 Å². The van der Waals surface area contributed by atoms with Crippen LogP contribution < -0.4 is 10.6 Å². The van der Waals surface area contributed by atoms with Crippen LogP contribution in [0.4, 0.5) is 4.79 Å². The van der Waals surface area contributed by atoms with Gasteiger partial charge in [0.1, 0.15) is 23.2 Å². The molecule has 2 aromatic carbocycles. The number of carboxylic acids is 1. The summed E-state index contributed by atoms with van der Waals surface area (Å²) in [5.41, 5.74) is 1.59. The Balaban J connectivity index is 1.27. The number of imide groups is 1. The summed E-state index contributed by atoms with van der Waals surface area (Å²) in [6.45, 7) is 0. The Kier molecular flexibility index (Phi) is 9.63. The highest BCUT2D eigenvalue weighted by Gasteiger charge is 2.54. The molecule has 0 aliphatic carbocycles. The number of thioether (sulfide) groups is 2. The van der Waals surface area contributed by atoms with E-state index in [1.54, 1.807) is 55.6 Å². The summed E-state index contributed by atoms with van der Waals surface area (Å²) < 4.78 is 1.46. The lowest BCUT2D eigenvalue weighted by molar-refractivity contribution is -0.151. The quantitative estimate of drug-likeness (QED) is 0.165. The van der Waals surface area contributed by atoms with Gasteiger partial charge in [0.15, 0.2) is 0 Å². The van der Waals surface area contributed by atoms with E-state index in [2.05, 4.69) is 26.2 Å². The maximum atomic E-state index is 13.6. The number of nitrogens with one attached hydrogen (secondary N) is 2. The van der Waals surface area contributed by atoms with E-state index in [1.807, 2.05) is 18.2 Å². The van der Waals surface area contributed by atoms with E-state index >= 15 is 0 Å². The van der Waals surface area contributed by atoms with Gasteiger partial charge in [0.25, 0.3) is 11.8 Å². The third-order valence-electron chi connectivity index (χ3n) is 7.02. The molecule has 5 amide bonds. The summed E-state index contributed by atoms with van der Waals surface area (Å²) in [6.07, 6.45) is 2.82. The SMILES string of the molecule is CN(C(=O)/C=C/c1ccccc1)C(=O)NC(C(=O)NC1C(=O)N2C(C(=O)O)=C(CSc3nnnn3C)CSC12)c1ccccc1. The lowest BCUT2D eigenvalue weighted by Gasteiger charge is -2.49. The highest BCUT2D eigenvalue weighted by atomic mass is 32.2. The number of urea groups is 1. The van der Waals surface area contributed by atoms with Crippen molar-refractivity contribution in [2.75, 3.05) is 18.6 Å². The number of benzene rings is 2. The second-order valence-electron chi connectivity index (χ2n) is 9.96. The van der Waals surface area contributed by atoms with Gasteiger partial charge in [-0.3, -0.25) is 24.2 Å². The van der Waals surface area contributed by atoms with Crippen LogP contribution in [0.5, 0.6) is 0 Å². The summed E-state index contributed by atoms with van der Waals surface area (Å²) in [5, 5.41) is 26.3. The smallest absolute Gasteiger partial charge is 0.352 e.